The highest BCUT2D eigenvalue weighted by Gasteiger charge is 2.06. The number of nitrogens with one attached hydrogen (secondary N) is 1. The average Bonchev–Trinajstić information content (AvgIpc) is 2.84. The van der Waals surface area contributed by atoms with Crippen LogP contribution in [0.15, 0.2) is 0 Å². The largest absolute Gasteiger partial charge is 0.382 e. The third-order valence-electron chi connectivity index (χ3n) is 4.31. The van der Waals surface area contributed by atoms with Crippen molar-refractivity contribution in [3.05, 3.63) is 0 Å². The second-order valence-electron chi connectivity index (χ2n) is 8.68. The summed E-state index contributed by atoms with van der Waals surface area (Å²) in [5.41, 5.74) is 0.122. The zero-order chi connectivity index (χ0) is 26.4. The van der Waals surface area contributed by atoms with Crippen molar-refractivity contribution in [1.82, 2.24) is 5.32 Å². The molecule has 1 N–H and O–H groups in total. The molecule has 0 aromatic heterocycles. The molecule has 11 nitrogen and oxygen atoms in total. The predicted octanol–water partition coefficient (Wildman–Crippen LogP) is 1.17. The maximum Gasteiger partial charge on any atom is 0.0701 e. The summed E-state index contributed by atoms with van der Waals surface area (Å²) in [6.45, 7) is 17.8. The van der Waals surface area contributed by atoms with Crippen LogP contribution in [0.2, 0.25) is 0 Å². The van der Waals surface area contributed by atoms with E-state index in [-0.39, 0.29) is 5.54 Å². The third-order valence-corrected chi connectivity index (χ3v) is 4.31. The Morgan fingerprint density at radius 2 is 0.583 bits per heavy atom. The van der Waals surface area contributed by atoms with Crippen molar-refractivity contribution in [2.45, 2.75) is 26.3 Å². The molecule has 0 aliphatic carbocycles. The predicted molar refractivity (Wildman–Crippen MR) is 137 cm³/mol. The normalized spacial score (nSPS) is 12.0. The maximum atomic E-state index is 5.50. The van der Waals surface area contributed by atoms with E-state index in [4.69, 9.17) is 47.4 Å². The lowest BCUT2D eigenvalue weighted by molar-refractivity contribution is -0.0258. The van der Waals surface area contributed by atoms with Gasteiger partial charge >= 0.3 is 0 Å². The SMILES string of the molecule is COCCOCCOCCOCCOCCOCCOCCOCCOCCOCCNC(C)(C)C. The molecule has 0 saturated heterocycles. The standard InChI is InChI=1S/C25H53NO10/c1-25(2,3)26-5-6-28-9-10-30-13-14-32-17-18-34-21-22-36-24-23-35-20-19-33-16-15-31-12-11-29-8-7-27-4/h26H,5-24H2,1-4H3. The minimum absolute atomic E-state index is 0.122. The highest BCUT2D eigenvalue weighted by molar-refractivity contribution is 4.69. The van der Waals surface area contributed by atoms with Gasteiger partial charge in [-0.05, 0) is 20.8 Å². The van der Waals surface area contributed by atoms with Crippen LogP contribution >= 0.6 is 0 Å². The second kappa shape index (κ2) is 29.1. The highest BCUT2D eigenvalue weighted by Crippen LogP contribution is 1.96. The van der Waals surface area contributed by atoms with Crippen LogP contribution in [-0.4, -0.2) is 145 Å². The van der Waals surface area contributed by atoms with Gasteiger partial charge < -0.3 is 52.7 Å². The summed E-state index contributed by atoms with van der Waals surface area (Å²) in [5, 5.41) is 3.37. The van der Waals surface area contributed by atoms with Gasteiger partial charge in [0.25, 0.3) is 0 Å². The van der Waals surface area contributed by atoms with Crippen LogP contribution < -0.4 is 5.32 Å². The first-order chi connectivity index (χ1) is 17.6. The highest BCUT2D eigenvalue weighted by atomic mass is 16.6. The zero-order valence-corrected chi connectivity index (χ0v) is 23.2. The zero-order valence-electron chi connectivity index (χ0n) is 23.2. The lowest BCUT2D eigenvalue weighted by Gasteiger charge is -2.20. The fraction of sp³-hybridized carbons (Fsp3) is 1.00. The van der Waals surface area contributed by atoms with E-state index in [9.17, 15) is 0 Å². The number of hydrogen-bond donors (Lipinski definition) is 1. The Morgan fingerprint density at radius 3 is 0.806 bits per heavy atom. The molecular formula is C25H53NO10. The molecular weight excluding hydrogens is 474 g/mol. The summed E-state index contributed by atoms with van der Waals surface area (Å²) < 4.78 is 53.8. The van der Waals surface area contributed by atoms with E-state index in [0.29, 0.717) is 126 Å². The molecule has 0 unspecified atom stereocenters. The lowest BCUT2D eigenvalue weighted by Crippen LogP contribution is -2.38. The van der Waals surface area contributed by atoms with Crippen molar-refractivity contribution in [2.24, 2.45) is 0 Å². The van der Waals surface area contributed by atoms with Crippen LogP contribution in [0.4, 0.5) is 0 Å². The summed E-state index contributed by atoms with van der Waals surface area (Å²) in [5.74, 6) is 0. The minimum atomic E-state index is 0.122. The van der Waals surface area contributed by atoms with Crippen LogP contribution in [0.25, 0.3) is 0 Å². The first kappa shape index (κ1) is 35.6. The number of hydrogen-bond acceptors (Lipinski definition) is 11. The summed E-state index contributed by atoms with van der Waals surface area (Å²) in [7, 11) is 1.65. The molecule has 0 spiro atoms. The molecule has 0 atom stereocenters. The summed E-state index contributed by atoms with van der Waals surface area (Å²) in [6, 6.07) is 0. The van der Waals surface area contributed by atoms with E-state index < -0.39 is 0 Å². The first-order valence-electron chi connectivity index (χ1n) is 13.0. The van der Waals surface area contributed by atoms with Crippen molar-refractivity contribution in [3.63, 3.8) is 0 Å². The van der Waals surface area contributed by atoms with Gasteiger partial charge in [0, 0.05) is 19.2 Å². The van der Waals surface area contributed by atoms with E-state index >= 15 is 0 Å². The Kier molecular flexibility index (Phi) is 28.8. The molecule has 0 aromatic carbocycles. The van der Waals surface area contributed by atoms with Gasteiger partial charge in [-0.15, -0.1) is 0 Å². The third kappa shape index (κ3) is 33.6. The Hall–Kier alpha value is -0.440. The molecule has 11 heteroatoms. The monoisotopic (exact) mass is 527 g/mol. The molecule has 0 amide bonds. The van der Waals surface area contributed by atoms with Crippen LogP contribution in [0, 0.1) is 0 Å². The van der Waals surface area contributed by atoms with Gasteiger partial charge in [-0.2, -0.15) is 0 Å². The summed E-state index contributed by atoms with van der Waals surface area (Å²) in [4.78, 5) is 0. The molecule has 0 aromatic rings. The summed E-state index contributed by atoms with van der Waals surface area (Å²) in [6.07, 6.45) is 0. The fourth-order valence-corrected chi connectivity index (χ4v) is 2.50. The quantitative estimate of drug-likeness (QED) is 0.136. The number of rotatable bonds is 30. The summed E-state index contributed by atoms with van der Waals surface area (Å²) >= 11 is 0. The van der Waals surface area contributed by atoms with Crippen molar-refractivity contribution >= 4 is 0 Å². The topological polar surface area (TPSA) is 104 Å². The molecule has 0 radical (unpaired) electrons. The Labute approximate surface area is 218 Å². The molecule has 0 rings (SSSR count). The van der Waals surface area contributed by atoms with Crippen molar-refractivity contribution in [1.29, 1.82) is 0 Å². The van der Waals surface area contributed by atoms with Gasteiger partial charge in [-0.3, -0.25) is 0 Å². The van der Waals surface area contributed by atoms with Gasteiger partial charge in [0.05, 0.1) is 126 Å². The van der Waals surface area contributed by atoms with Gasteiger partial charge in [0.1, 0.15) is 0 Å². The maximum absolute atomic E-state index is 5.50. The lowest BCUT2D eigenvalue weighted by atomic mass is 10.1. The Morgan fingerprint density at radius 1 is 0.361 bits per heavy atom. The Balaban J connectivity index is 3.03. The molecule has 218 valence electrons. The van der Waals surface area contributed by atoms with Gasteiger partial charge in [-0.25, -0.2) is 0 Å². The van der Waals surface area contributed by atoms with E-state index in [2.05, 4.69) is 26.1 Å². The fourth-order valence-electron chi connectivity index (χ4n) is 2.50. The number of methoxy groups -OCH3 is 1. The molecule has 36 heavy (non-hydrogen) atoms. The van der Waals surface area contributed by atoms with Crippen molar-refractivity contribution < 1.29 is 47.4 Å². The van der Waals surface area contributed by atoms with Crippen molar-refractivity contribution in [3.8, 4) is 0 Å². The average molecular weight is 528 g/mol. The molecule has 0 aliphatic heterocycles. The smallest absolute Gasteiger partial charge is 0.0701 e. The van der Waals surface area contributed by atoms with Gasteiger partial charge in [0.15, 0.2) is 0 Å². The molecule has 0 aliphatic rings. The van der Waals surface area contributed by atoms with Gasteiger partial charge in [-0.1, -0.05) is 0 Å². The Bertz CT molecular complexity index is 413. The van der Waals surface area contributed by atoms with Crippen LogP contribution in [0.5, 0.6) is 0 Å². The van der Waals surface area contributed by atoms with E-state index in [1.165, 1.54) is 0 Å². The van der Waals surface area contributed by atoms with Crippen molar-refractivity contribution in [2.75, 3.05) is 139 Å². The van der Waals surface area contributed by atoms with Gasteiger partial charge in [0.2, 0.25) is 0 Å². The first-order valence-corrected chi connectivity index (χ1v) is 13.0. The van der Waals surface area contributed by atoms with E-state index in [1.54, 1.807) is 7.11 Å². The van der Waals surface area contributed by atoms with Crippen LogP contribution in [-0.2, 0) is 47.4 Å². The molecule has 0 heterocycles. The molecule has 0 saturated carbocycles. The minimum Gasteiger partial charge on any atom is -0.382 e. The van der Waals surface area contributed by atoms with Crippen LogP contribution in [0.1, 0.15) is 20.8 Å². The van der Waals surface area contributed by atoms with E-state index in [1.807, 2.05) is 0 Å². The molecule has 0 fully saturated rings. The number of ether oxygens (including phenoxy) is 10. The molecule has 0 bridgehead atoms. The van der Waals surface area contributed by atoms with Crippen LogP contribution in [0.3, 0.4) is 0 Å². The second-order valence-corrected chi connectivity index (χ2v) is 8.68. The van der Waals surface area contributed by atoms with E-state index in [0.717, 1.165) is 6.54 Å².